The zero-order chi connectivity index (χ0) is 14.5. The molecule has 1 aromatic carbocycles. The number of piperazine rings is 1. The number of aryl methyl sites for hydroxylation is 1. The first-order valence-corrected chi connectivity index (χ1v) is 6.94. The Balaban J connectivity index is 1.83. The van der Waals surface area contributed by atoms with Gasteiger partial charge in [0.1, 0.15) is 0 Å². The van der Waals surface area contributed by atoms with E-state index in [1.807, 2.05) is 24.0 Å². The van der Waals surface area contributed by atoms with Crippen molar-refractivity contribution >= 4 is 29.6 Å². The van der Waals surface area contributed by atoms with Gasteiger partial charge in [-0.3, -0.25) is 14.5 Å². The first-order valence-electron chi connectivity index (χ1n) is 6.56. The maximum atomic E-state index is 11.9. The Labute approximate surface area is 123 Å². The highest BCUT2D eigenvalue weighted by molar-refractivity contribution is 6.31. The summed E-state index contributed by atoms with van der Waals surface area (Å²) in [5, 5.41) is 3.48. The van der Waals surface area contributed by atoms with Crippen LogP contribution in [0.3, 0.4) is 0 Å². The van der Waals surface area contributed by atoms with Crippen LogP contribution in [0.2, 0.25) is 5.02 Å². The maximum Gasteiger partial charge on any atom is 0.238 e. The standard InChI is InChI=1S/C14H18ClN3O2/c1-11-2-3-12(8-13(11)15)16-14(20)9-17-4-6-18(10-19)7-5-17/h2-3,8,10H,4-7,9H2,1H3,(H,16,20). The third-order valence-electron chi connectivity index (χ3n) is 3.38. The summed E-state index contributed by atoms with van der Waals surface area (Å²) in [6, 6.07) is 5.46. The second-order valence-corrected chi connectivity index (χ2v) is 5.34. The Hall–Kier alpha value is -1.59. The van der Waals surface area contributed by atoms with Crippen LogP contribution in [0.1, 0.15) is 5.56 Å². The summed E-state index contributed by atoms with van der Waals surface area (Å²) in [6.45, 7) is 5.04. The van der Waals surface area contributed by atoms with Gasteiger partial charge in [0.05, 0.1) is 6.54 Å². The average molecular weight is 296 g/mol. The van der Waals surface area contributed by atoms with Crippen LogP contribution in [0.4, 0.5) is 5.69 Å². The van der Waals surface area contributed by atoms with Gasteiger partial charge in [0.25, 0.3) is 0 Å². The molecule has 2 rings (SSSR count). The van der Waals surface area contributed by atoms with Crippen LogP contribution in [-0.2, 0) is 9.59 Å². The van der Waals surface area contributed by atoms with E-state index in [-0.39, 0.29) is 5.91 Å². The summed E-state index contributed by atoms with van der Waals surface area (Å²) in [6.07, 6.45) is 0.853. The molecule has 0 saturated carbocycles. The van der Waals surface area contributed by atoms with Crippen LogP contribution in [-0.4, -0.2) is 54.8 Å². The molecule has 1 aromatic rings. The third kappa shape index (κ3) is 3.95. The summed E-state index contributed by atoms with van der Waals surface area (Å²) < 4.78 is 0. The summed E-state index contributed by atoms with van der Waals surface area (Å²) in [5.74, 6) is -0.0653. The second kappa shape index (κ2) is 6.72. The maximum absolute atomic E-state index is 11.9. The number of anilines is 1. The van der Waals surface area contributed by atoms with Crippen LogP contribution < -0.4 is 5.32 Å². The van der Waals surface area contributed by atoms with Gasteiger partial charge >= 0.3 is 0 Å². The van der Waals surface area contributed by atoms with E-state index in [4.69, 9.17) is 11.6 Å². The van der Waals surface area contributed by atoms with Gasteiger partial charge in [-0.15, -0.1) is 0 Å². The van der Waals surface area contributed by atoms with Gasteiger partial charge in [0, 0.05) is 36.9 Å². The molecule has 1 saturated heterocycles. The Morgan fingerprint density at radius 1 is 1.35 bits per heavy atom. The quantitative estimate of drug-likeness (QED) is 0.854. The molecule has 0 atom stereocenters. The lowest BCUT2D eigenvalue weighted by molar-refractivity contribution is -0.120. The molecule has 0 radical (unpaired) electrons. The highest BCUT2D eigenvalue weighted by Gasteiger charge is 2.17. The number of carbonyl (C=O) groups excluding carboxylic acids is 2. The van der Waals surface area contributed by atoms with Gasteiger partial charge in [-0.25, -0.2) is 0 Å². The highest BCUT2D eigenvalue weighted by atomic mass is 35.5. The minimum absolute atomic E-state index is 0.0653. The molecule has 0 spiro atoms. The molecule has 0 unspecified atom stereocenters. The fraction of sp³-hybridized carbons (Fsp3) is 0.429. The predicted octanol–water partition coefficient (Wildman–Crippen LogP) is 1.36. The summed E-state index contributed by atoms with van der Waals surface area (Å²) >= 11 is 6.02. The van der Waals surface area contributed by atoms with Crippen molar-refractivity contribution in [3.63, 3.8) is 0 Å². The molecule has 1 aliphatic heterocycles. The molecule has 20 heavy (non-hydrogen) atoms. The molecule has 1 fully saturated rings. The van der Waals surface area contributed by atoms with E-state index in [1.54, 1.807) is 11.0 Å². The number of benzene rings is 1. The molecule has 108 valence electrons. The molecule has 1 aliphatic rings. The second-order valence-electron chi connectivity index (χ2n) is 4.93. The van der Waals surface area contributed by atoms with E-state index < -0.39 is 0 Å². The normalized spacial score (nSPS) is 16.0. The number of hydrogen-bond acceptors (Lipinski definition) is 3. The van der Waals surface area contributed by atoms with E-state index in [0.717, 1.165) is 25.1 Å². The van der Waals surface area contributed by atoms with Gasteiger partial charge in [0.2, 0.25) is 12.3 Å². The van der Waals surface area contributed by atoms with E-state index in [9.17, 15) is 9.59 Å². The van der Waals surface area contributed by atoms with Gasteiger partial charge in [0.15, 0.2) is 0 Å². The summed E-state index contributed by atoms with van der Waals surface area (Å²) in [4.78, 5) is 26.3. The van der Waals surface area contributed by atoms with E-state index in [0.29, 0.717) is 30.3 Å². The van der Waals surface area contributed by atoms with Gasteiger partial charge in [-0.2, -0.15) is 0 Å². The van der Waals surface area contributed by atoms with Gasteiger partial charge < -0.3 is 10.2 Å². The molecule has 0 aliphatic carbocycles. The van der Waals surface area contributed by atoms with Crippen molar-refractivity contribution in [1.82, 2.24) is 9.80 Å². The zero-order valence-electron chi connectivity index (χ0n) is 11.4. The van der Waals surface area contributed by atoms with Crippen LogP contribution >= 0.6 is 11.6 Å². The first kappa shape index (κ1) is 14.8. The zero-order valence-corrected chi connectivity index (χ0v) is 12.2. The number of halogens is 1. The Kier molecular flexibility index (Phi) is 4.98. The molecule has 1 heterocycles. The van der Waals surface area contributed by atoms with Crippen LogP contribution in [0.25, 0.3) is 0 Å². The molecule has 6 heteroatoms. The monoisotopic (exact) mass is 295 g/mol. The number of rotatable bonds is 4. The Bertz CT molecular complexity index is 499. The average Bonchev–Trinajstić information content (AvgIpc) is 2.44. The number of nitrogens with zero attached hydrogens (tertiary/aromatic N) is 2. The van der Waals surface area contributed by atoms with Gasteiger partial charge in [-0.1, -0.05) is 17.7 Å². The largest absolute Gasteiger partial charge is 0.343 e. The topological polar surface area (TPSA) is 52.7 Å². The molecule has 0 bridgehead atoms. The predicted molar refractivity (Wildman–Crippen MR) is 78.9 cm³/mol. The number of nitrogens with one attached hydrogen (secondary N) is 1. The summed E-state index contributed by atoms with van der Waals surface area (Å²) in [5.41, 5.74) is 1.69. The fourth-order valence-corrected chi connectivity index (χ4v) is 2.28. The van der Waals surface area contributed by atoms with Crippen molar-refractivity contribution in [2.24, 2.45) is 0 Å². The number of carbonyl (C=O) groups is 2. The van der Waals surface area contributed by atoms with Crippen LogP contribution in [0, 0.1) is 6.92 Å². The Morgan fingerprint density at radius 3 is 2.65 bits per heavy atom. The van der Waals surface area contributed by atoms with E-state index >= 15 is 0 Å². The SMILES string of the molecule is Cc1ccc(NC(=O)CN2CCN(C=O)CC2)cc1Cl. The molecule has 2 amide bonds. The first-order chi connectivity index (χ1) is 9.58. The van der Waals surface area contributed by atoms with Crippen molar-refractivity contribution < 1.29 is 9.59 Å². The van der Waals surface area contributed by atoms with Crippen molar-refractivity contribution in [1.29, 1.82) is 0 Å². The van der Waals surface area contributed by atoms with Crippen molar-refractivity contribution in [2.75, 3.05) is 38.0 Å². The summed E-state index contributed by atoms with van der Waals surface area (Å²) in [7, 11) is 0. The minimum Gasteiger partial charge on any atom is -0.343 e. The van der Waals surface area contributed by atoms with Crippen molar-refractivity contribution in [3.8, 4) is 0 Å². The van der Waals surface area contributed by atoms with E-state index in [1.165, 1.54) is 0 Å². The molecular weight excluding hydrogens is 278 g/mol. The Morgan fingerprint density at radius 2 is 2.05 bits per heavy atom. The molecule has 1 N–H and O–H groups in total. The third-order valence-corrected chi connectivity index (χ3v) is 3.79. The smallest absolute Gasteiger partial charge is 0.238 e. The van der Waals surface area contributed by atoms with Crippen LogP contribution in [0.15, 0.2) is 18.2 Å². The van der Waals surface area contributed by atoms with Crippen LogP contribution in [0.5, 0.6) is 0 Å². The highest BCUT2D eigenvalue weighted by Crippen LogP contribution is 2.19. The number of hydrogen-bond donors (Lipinski definition) is 1. The minimum atomic E-state index is -0.0653. The molecule has 0 aromatic heterocycles. The lowest BCUT2D eigenvalue weighted by Crippen LogP contribution is -2.48. The molecule has 5 nitrogen and oxygen atoms in total. The molecular formula is C14H18ClN3O2. The van der Waals surface area contributed by atoms with Gasteiger partial charge in [-0.05, 0) is 24.6 Å². The fourth-order valence-electron chi connectivity index (χ4n) is 2.10. The number of amides is 2. The van der Waals surface area contributed by atoms with Crippen molar-refractivity contribution in [2.45, 2.75) is 6.92 Å². The van der Waals surface area contributed by atoms with E-state index in [2.05, 4.69) is 5.32 Å². The lowest BCUT2D eigenvalue weighted by atomic mass is 10.2. The van der Waals surface area contributed by atoms with Crippen molar-refractivity contribution in [3.05, 3.63) is 28.8 Å². The lowest BCUT2D eigenvalue weighted by Gasteiger charge is -2.31.